The Kier molecular flexibility index (Phi) is 2.04. The van der Waals surface area contributed by atoms with Gasteiger partial charge in [0.2, 0.25) is 0 Å². The van der Waals surface area contributed by atoms with E-state index >= 15 is 0 Å². The minimum Gasteiger partial charge on any atom is -0.350 e. The maximum atomic E-state index is 9.32. The van der Waals surface area contributed by atoms with Gasteiger partial charge in [-0.05, 0) is 5.41 Å². The molecule has 0 fully saturated rings. The SMILES string of the molecule is Cc1ncc(C(C)(C)C)c[n+]1O. The fourth-order valence-electron chi connectivity index (χ4n) is 0.868. The van der Waals surface area contributed by atoms with Crippen LogP contribution in [0.2, 0.25) is 0 Å². The number of rotatable bonds is 0. The van der Waals surface area contributed by atoms with E-state index in [4.69, 9.17) is 0 Å². The molecule has 0 saturated carbocycles. The van der Waals surface area contributed by atoms with Crippen LogP contribution in [0.4, 0.5) is 0 Å². The third-order valence-corrected chi connectivity index (χ3v) is 1.85. The highest BCUT2D eigenvalue weighted by Gasteiger charge is 2.19. The first-order valence-corrected chi connectivity index (χ1v) is 3.99. The van der Waals surface area contributed by atoms with Gasteiger partial charge in [0.25, 0.3) is 0 Å². The summed E-state index contributed by atoms with van der Waals surface area (Å²) in [5, 5.41) is 9.32. The van der Waals surface area contributed by atoms with Crippen LogP contribution in [0.25, 0.3) is 0 Å². The summed E-state index contributed by atoms with van der Waals surface area (Å²) in [6.07, 6.45) is 3.49. The van der Waals surface area contributed by atoms with Crippen molar-refractivity contribution >= 4 is 0 Å². The van der Waals surface area contributed by atoms with E-state index < -0.39 is 0 Å². The molecule has 1 rings (SSSR count). The normalized spacial score (nSPS) is 11.7. The Morgan fingerprint density at radius 1 is 1.42 bits per heavy atom. The maximum absolute atomic E-state index is 9.32. The summed E-state index contributed by atoms with van der Waals surface area (Å²) in [7, 11) is 0. The van der Waals surface area contributed by atoms with Gasteiger partial charge in [0, 0.05) is 12.5 Å². The number of nitrogens with zero attached hydrogens (tertiary/aromatic N) is 2. The number of aromatic nitrogens is 2. The molecule has 66 valence electrons. The molecule has 0 radical (unpaired) electrons. The lowest BCUT2D eigenvalue weighted by molar-refractivity contribution is -0.911. The molecule has 1 aromatic heterocycles. The summed E-state index contributed by atoms with van der Waals surface area (Å²) in [5.74, 6) is 0.600. The zero-order chi connectivity index (χ0) is 9.35. The molecule has 0 atom stereocenters. The van der Waals surface area contributed by atoms with Gasteiger partial charge in [-0.25, -0.2) is 0 Å². The molecule has 1 aromatic rings. The maximum Gasteiger partial charge on any atom is 0.333 e. The van der Waals surface area contributed by atoms with Crippen molar-refractivity contribution in [3.63, 3.8) is 0 Å². The molecule has 0 amide bonds. The molecule has 0 unspecified atom stereocenters. The van der Waals surface area contributed by atoms with Crippen molar-refractivity contribution in [3.8, 4) is 0 Å². The molecular weight excluding hydrogens is 152 g/mol. The molecule has 0 saturated heterocycles. The van der Waals surface area contributed by atoms with Crippen LogP contribution in [0.1, 0.15) is 32.2 Å². The van der Waals surface area contributed by atoms with Gasteiger partial charge < -0.3 is 5.21 Å². The minimum atomic E-state index is 0.0329. The van der Waals surface area contributed by atoms with Gasteiger partial charge in [-0.15, -0.1) is 0 Å². The van der Waals surface area contributed by atoms with Gasteiger partial charge in [0.1, 0.15) is 12.4 Å². The van der Waals surface area contributed by atoms with E-state index in [-0.39, 0.29) is 5.41 Å². The Hall–Kier alpha value is -1.12. The summed E-state index contributed by atoms with van der Waals surface area (Å²) >= 11 is 0. The van der Waals surface area contributed by atoms with Gasteiger partial charge >= 0.3 is 5.82 Å². The van der Waals surface area contributed by atoms with Crippen LogP contribution < -0.4 is 4.73 Å². The van der Waals surface area contributed by atoms with Crippen LogP contribution in [-0.4, -0.2) is 10.2 Å². The fourth-order valence-corrected chi connectivity index (χ4v) is 0.868. The van der Waals surface area contributed by atoms with Crippen LogP contribution in [0.5, 0.6) is 0 Å². The van der Waals surface area contributed by atoms with Crippen molar-refractivity contribution in [1.82, 2.24) is 4.98 Å². The van der Waals surface area contributed by atoms with Crippen molar-refractivity contribution in [1.29, 1.82) is 0 Å². The van der Waals surface area contributed by atoms with E-state index in [1.807, 2.05) is 0 Å². The molecule has 3 nitrogen and oxygen atoms in total. The molecule has 0 bridgehead atoms. The van der Waals surface area contributed by atoms with Crippen LogP contribution in [0.3, 0.4) is 0 Å². The molecule has 12 heavy (non-hydrogen) atoms. The van der Waals surface area contributed by atoms with E-state index in [1.54, 1.807) is 19.3 Å². The quantitative estimate of drug-likeness (QED) is 0.466. The van der Waals surface area contributed by atoms with Crippen molar-refractivity contribution in [2.75, 3.05) is 0 Å². The fraction of sp³-hybridized carbons (Fsp3) is 0.556. The average Bonchev–Trinajstić information content (AvgIpc) is 1.92. The summed E-state index contributed by atoms with van der Waals surface area (Å²) in [5.41, 5.74) is 1.06. The predicted molar refractivity (Wildman–Crippen MR) is 45.1 cm³/mol. The van der Waals surface area contributed by atoms with Crippen molar-refractivity contribution in [3.05, 3.63) is 23.8 Å². The second kappa shape index (κ2) is 2.73. The highest BCUT2D eigenvalue weighted by molar-refractivity contribution is 5.12. The van der Waals surface area contributed by atoms with E-state index in [0.29, 0.717) is 5.82 Å². The molecular formula is C9H15N2O+. The standard InChI is InChI=1S/C9H15N2O/c1-7-10-5-8(6-11(7)12)9(2,3)4/h5-6,12H,1-4H3/q+1. The van der Waals surface area contributed by atoms with Crippen LogP contribution in [0, 0.1) is 6.92 Å². The predicted octanol–water partition coefficient (Wildman–Crippen LogP) is 1.21. The van der Waals surface area contributed by atoms with Gasteiger partial charge in [-0.3, -0.25) is 0 Å². The highest BCUT2D eigenvalue weighted by Crippen LogP contribution is 2.19. The first-order valence-electron chi connectivity index (χ1n) is 3.99. The van der Waals surface area contributed by atoms with Gasteiger partial charge in [0.15, 0.2) is 0 Å². The first-order chi connectivity index (χ1) is 5.41. The van der Waals surface area contributed by atoms with Crippen molar-refractivity contribution in [2.45, 2.75) is 33.1 Å². The molecule has 3 heteroatoms. The summed E-state index contributed by atoms with van der Waals surface area (Å²) in [6, 6.07) is 0. The Balaban J connectivity index is 3.14. The Bertz CT molecular complexity index is 289. The molecule has 0 spiro atoms. The monoisotopic (exact) mass is 167 g/mol. The number of aryl methyl sites for hydroxylation is 1. The molecule has 0 aromatic carbocycles. The molecule has 0 aliphatic rings. The summed E-state index contributed by atoms with van der Waals surface area (Å²) in [4.78, 5) is 4.06. The molecule has 1 N–H and O–H groups in total. The topological polar surface area (TPSA) is 37.0 Å². The lowest BCUT2D eigenvalue weighted by Gasteiger charge is -2.15. The largest absolute Gasteiger partial charge is 0.350 e. The molecule has 1 heterocycles. The van der Waals surface area contributed by atoms with Crippen LogP contribution in [-0.2, 0) is 5.41 Å². The smallest absolute Gasteiger partial charge is 0.333 e. The van der Waals surface area contributed by atoms with Crippen LogP contribution >= 0.6 is 0 Å². The third kappa shape index (κ3) is 1.72. The zero-order valence-corrected chi connectivity index (χ0v) is 8.00. The Morgan fingerprint density at radius 2 is 2.00 bits per heavy atom. The van der Waals surface area contributed by atoms with E-state index in [0.717, 1.165) is 10.3 Å². The van der Waals surface area contributed by atoms with E-state index in [9.17, 15) is 5.21 Å². The second-order valence-corrected chi connectivity index (χ2v) is 3.98. The van der Waals surface area contributed by atoms with Crippen molar-refractivity contribution < 1.29 is 9.94 Å². The summed E-state index contributed by atoms with van der Waals surface area (Å²) < 4.78 is 1.06. The summed E-state index contributed by atoms with van der Waals surface area (Å²) in [6.45, 7) is 8.00. The van der Waals surface area contributed by atoms with Crippen LogP contribution in [0.15, 0.2) is 12.4 Å². The van der Waals surface area contributed by atoms with E-state index in [1.165, 1.54) is 0 Å². The van der Waals surface area contributed by atoms with Gasteiger partial charge in [0.05, 0.1) is 0 Å². The zero-order valence-electron chi connectivity index (χ0n) is 8.00. The van der Waals surface area contributed by atoms with Crippen molar-refractivity contribution in [2.24, 2.45) is 0 Å². The highest BCUT2D eigenvalue weighted by atomic mass is 16.5. The van der Waals surface area contributed by atoms with Gasteiger partial charge in [-0.2, -0.15) is 0 Å². The molecule has 0 aliphatic heterocycles. The average molecular weight is 167 g/mol. The first kappa shape index (κ1) is 8.97. The lowest BCUT2D eigenvalue weighted by atomic mass is 9.89. The third-order valence-electron chi connectivity index (χ3n) is 1.85. The number of hydrogen-bond donors (Lipinski definition) is 1. The Morgan fingerprint density at radius 3 is 2.42 bits per heavy atom. The lowest BCUT2D eigenvalue weighted by Crippen LogP contribution is -2.36. The Labute approximate surface area is 72.7 Å². The molecule has 0 aliphatic carbocycles. The second-order valence-electron chi connectivity index (χ2n) is 3.98. The van der Waals surface area contributed by atoms with Gasteiger partial charge in [-0.1, -0.05) is 30.5 Å². The van der Waals surface area contributed by atoms with E-state index in [2.05, 4.69) is 25.8 Å². The minimum absolute atomic E-state index is 0.0329. The number of hydrogen-bond acceptors (Lipinski definition) is 2.